The number of ether oxygens (including phenoxy) is 4. The molecule has 1 aliphatic heterocycles. The second-order valence-corrected chi connectivity index (χ2v) is 10.5. The number of benzene rings is 1. The number of aliphatic hydroxyl groups is 1. The van der Waals surface area contributed by atoms with E-state index >= 15 is 0 Å². The Morgan fingerprint density at radius 3 is 2.68 bits per heavy atom. The summed E-state index contributed by atoms with van der Waals surface area (Å²) in [4.78, 5) is 14.2. The Labute approximate surface area is 227 Å². The summed E-state index contributed by atoms with van der Waals surface area (Å²) in [6.45, 7) is 7.02. The van der Waals surface area contributed by atoms with E-state index in [1.54, 1.807) is 7.11 Å². The first kappa shape index (κ1) is 29.9. The fraction of sp³-hybridized carbons (Fsp3) is 0.690. The largest absolute Gasteiger partial charge is 0.493 e. The van der Waals surface area contributed by atoms with Crippen molar-refractivity contribution in [2.24, 2.45) is 11.8 Å². The van der Waals surface area contributed by atoms with Crippen LogP contribution in [0.25, 0.3) is 0 Å². The molecule has 1 aliphatic carbocycles. The molecule has 1 heterocycles. The summed E-state index contributed by atoms with van der Waals surface area (Å²) in [6.07, 6.45) is 8.04. The maximum atomic E-state index is 12.0. The minimum Gasteiger partial charge on any atom is -0.493 e. The van der Waals surface area contributed by atoms with Gasteiger partial charge in [0.2, 0.25) is 0 Å². The molecule has 2 fully saturated rings. The third-order valence-electron chi connectivity index (χ3n) is 7.37. The zero-order valence-electron chi connectivity index (χ0n) is 22.4. The number of esters is 1. The number of alkyl halides is 1. The SMILES string of the molecule is CCCC(OC)c1ccc(OC[C@@H]2[C@@H](C/C=C\CCC(=O)OCCN3CCOCC3)[C@H](Cl)C[C@H]2O)cc1. The first-order valence-corrected chi connectivity index (χ1v) is 14.1. The van der Waals surface area contributed by atoms with E-state index in [-0.39, 0.29) is 29.3 Å². The molecule has 37 heavy (non-hydrogen) atoms. The van der Waals surface area contributed by atoms with Crippen molar-refractivity contribution in [3.8, 4) is 5.75 Å². The van der Waals surface area contributed by atoms with Crippen LogP contribution in [0.4, 0.5) is 0 Å². The monoisotopic (exact) mass is 537 g/mol. The van der Waals surface area contributed by atoms with Crippen LogP contribution in [0.5, 0.6) is 5.75 Å². The lowest BCUT2D eigenvalue weighted by atomic mass is 9.92. The van der Waals surface area contributed by atoms with E-state index in [1.165, 1.54) is 0 Å². The number of halogens is 1. The van der Waals surface area contributed by atoms with Gasteiger partial charge in [0.1, 0.15) is 12.4 Å². The number of morpholine rings is 1. The Hall–Kier alpha value is -1.64. The molecule has 1 aromatic carbocycles. The molecule has 8 heteroatoms. The van der Waals surface area contributed by atoms with Crippen LogP contribution < -0.4 is 4.74 Å². The van der Waals surface area contributed by atoms with Crippen molar-refractivity contribution in [3.63, 3.8) is 0 Å². The molecular weight excluding hydrogens is 494 g/mol. The van der Waals surface area contributed by atoms with Gasteiger partial charge in [0.25, 0.3) is 0 Å². The van der Waals surface area contributed by atoms with Crippen molar-refractivity contribution in [3.05, 3.63) is 42.0 Å². The summed E-state index contributed by atoms with van der Waals surface area (Å²) in [7, 11) is 1.74. The number of carbonyl (C=O) groups excluding carboxylic acids is 1. The van der Waals surface area contributed by atoms with Gasteiger partial charge in [0, 0.05) is 44.5 Å². The second-order valence-electron chi connectivity index (χ2n) is 9.96. The average molecular weight is 538 g/mol. The molecule has 0 aromatic heterocycles. The van der Waals surface area contributed by atoms with Gasteiger partial charge in [0.15, 0.2) is 0 Å². The number of hydrogen-bond acceptors (Lipinski definition) is 7. The molecule has 3 rings (SSSR count). The van der Waals surface area contributed by atoms with Crippen LogP contribution in [0.2, 0.25) is 0 Å². The minimum atomic E-state index is -0.482. The lowest BCUT2D eigenvalue weighted by Gasteiger charge is -2.26. The van der Waals surface area contributed by atoms with Crippen LogP contribution in [0, 0.1) is 11.8 Å². The fourth-order valence-corrected chi connectivity index (χ4v) is 5.58. The minimum absolute atomic E-state index is 0.0382. The summed E-state index contributed by atoms with van der Waals surface area (Å²) < 4.78 is 22.3. The van der Waals surface area contributed by atoms with Crippen LogP contribution in [-0.4, -0.2) is 80.6 Å². The van der Waals surface area contributed by atoms with E-state index in [1.807, 2.05) is 30.3 Å². The predicted octanol–water partition coefficient (Wildman–Crippen LogP) is 4.76. The molecule has 1 N–H and O–H groups in total. The van der Waals surface area contributed by atoms with Crippen molar-refractivity contribution in [2.45, 2.75) is 63.0 Å². The summed E-state index contributed by atoms with van der Waals surface area (Å²) in [5, 5.41) is 10.5. The van der Waals surface area contributed by atoms with Gasteiger partial charge in [0.05, 0.1) is 32.0 Å². The molecule has 0 spiro atoms. The maximum absolute atomic E-state index is 12.0. The van der Waals surface area contributed by atoms with Crippen LogP contribution in [0.15, 0.2) is 36.4 Å². The molecule has 0 amide bonds. The average Bonchev–Trinajstić information content (AvgIpc) is 3.18. The van der Waals surface area contributed by atoms with Crippen molar-refractivity contribution >= 4 is 17.6 Å². The van der Waals surface area contributed by atoms with Gasteiger partial charge >= 0.3 is 5.97 Å². The third-order valence-corrected chi connectivity index (χ3v) is 7.87. The van der Waals surface area contributed by atoms with Crippen LogP contribution in [0.1, 0.15) is 57.1 Å². The van der Waals surface area contributed by atoms with E-state index < -0.39 is 6.10 Å². The van der Waals surface area contributed by atoms with Gasteiger partial charge < -0.3 is 24.1 Å². The molecule has 0 bridgehead atoms. The number of hydrogen-bond donors (Lipinski definition) is 1. The van der Waals surface area contributed by atoms with Crippen molar-refractivity contribution in [1.29, 1.82) is 0 Å². The Morgan fingerprint density at radius 1 is 1.22 bits per heavy atom. The number of aliphatic hydroxyl groups excluding tert-OH is 1. The molecule has 1 saturated carbocycles. The highest BCUT2D eigenvalue weighted by Crippen LogP contribution is 2.39. The highest BCUT2D eigenvalue weighted by molar-refractivity contribution is 6.21. The zero-order chi connectivity index (χ0) is 26.5. The van der Waals surface area contributed by atoms with Gasteiger partial charge in [-0.1, -0.05) is 37.6 Å². The van der Waals surface area contributed by atoms with E-state index in [9.17, 15) is 9.90 Å². The molecule has 1 unspecified atom stereocenters. The van der Waals surface area contributed by atoms with Gasteiger partial charge in [-0.15, -0.1) is 11.6 Å². The van der Waals surface area contributed by atoms with E-state index in [2.05, 4.69) is 17.9 Å². The highest BCUT2D eigenvalue weighted by Gasteiger charge is 2.41. The van der Waals surface area contributed by atoms with Crippen LogP contribution in [-0.2, 0) is 19.0 Å². The van der Waals surface area contributed by atoms with E-state index in [4.69, 9.17) is 30.5 Å². The molecule has 208 valence electrons. The topological polar surface area (TPSA) is 77.5 Å². The molecule has 1 saturated heterocycles. The zero-order valence-corrected chi connectivity index (χ0v) is 23.1. The lowest BCUT2D eigenvalue weighted by Crippen LogP contribution is -2.38. The summed E-state index contributed by atoms with van der Waals surface area (Å²) in [6, 6.07) is 8.02. The van der Waals surface area contributed by atoms with Crippen molar-refractivity contribution in [2.75, 3.05) is 53.2 Å². The number of allylic oxidation sites excluding steroid dienone is 2. The Kier molecular flexibility index (Phi) is 13.2. The number of rotatable bonds is 15. The molecule has 1 aromatic rings. The standard InChI is InChI=1S/C29H44ClNO6/c1-3-7-28(34-2)22-10-12-23(13-11-22)37-21-25-24(26(30)20-27(25)32)8-5-4-6-9-29(33)36-19-16-31-14-17-35-18-15-31/h4-5,10-13,24-28,32H,3,6-9,14-21H2,1-2H3/b5-4-/t24-,25-,26-,27-,28?/m1/s1. The predicted molar refractivity (Wildman–Crippen MR) is 145 cm³/mol. The molecule has 5 atom stereocenters. The van der Waals surface area contributed by atoms with E-state index in [0.29, 0.717) is 32.5 Å². The Morgan fingerprint density at radius 2 is 1.97 bits per heavy atom. The van der Waals surface area contributed by atoms with Gasteiger partial charge in [-0.05, 0) is 49.3 Å². The quantitative estimate of drug-likeness (QED) is 0.196. The van der Waals surface area contributed by atoms with Gasteiger partial charge in [-0.3, -0.25) is 9.69 Å². The first-order chi connectivity index (χ1) is 18.0. The fourth-order valence-electron chi connectivity index (χ4n) is 5.10. The number of carbonyl (C=O) groups is 1. The summed E-state index contributed by atoms with van der Waals surface area (Å²) in [5.74, 6) is 0.689. The van der Waals surface area contributed by atoms with Crippen molar-refractivity contribution < 1.29 is 28.8 Å². The van der Waals surface area contributed by atoms with Gasteiger partial charge in [-0.25, -0.2) is 0 Å². The van der Waals surface area contributed by atoms with E-state index in [0.717, 1.165) is 63.4 Å². The highest BCUT2D eigenvalue weighted by atomic mass is 35.5. The molecule has 2 aliphatic rings. The lowest BCUT2D eigenvalue weighted by molar-refractivity contribution is -0.144. The first-order valence-electron chi connectivity index (χ1n) is 13.7. The summed E-state index contributed by atoms with van der Waals surface area (Å²) >= 11 is 6.59. The van der Waals surface area contributed by atoms with Gasteiger partial charge in [-0.2, -0.15) is 0 Å². The normalized spacial score (nSPS) is 25.4. The second kappa shape index (κ2) is 16.4. The van der Waals surface area contributed by atoms with Crippen molar-refractivity contribution in [1.82, 2.24) is 4.90 Å². The Bertz CT molecular complexity index is 813. The molecular formula is C29H44ClNO6. The van der Waals surface area contributed by atoms with Crippen LogP contribution >= 0.6 is 11.6 Å². The number of methoxy groups -OCH3 is 1. The summed E-state index contributed by atoms with van der Waals surface area (Å²) in [5.41, 5.74) is 1.14. The Balaban J connectivity index is 1.37. The van der Waals surface area contributed by atoms with Crippen LogP contribution in [0.3, 0.4) is 0 Å². The molecule has 0 radical (unpaired) electrons. The smallest absolute Gasteiger partial charge is 0.306 e. The molecule has 7 nitrogen and oxygen atoms in total. The number of nitrogens with zero attached hydrogens (tertiary/aromatic N) is 1. The maximum Gasteiger partial charge on any atom is 0.306 e. The third kappa shape index (κ3) is 9.88.